The number of unbranched alkanes of at least 4 members (excludes halogenated alkanes) is 13. The van der Waals surface area contributed by atoms with Crippen LogP contribution >= 0.6 is 7.82 Å². The van der Waals surface area contributed by atoms with Crippen LogP contribution in [0.5, 0.6) is 0 Å². The number of hydrogen-bond donors (Lipinski definition) is 1. The first-order valence-electron chi connectivity index (χ1n) is 25.6. The van der Waals surface area contributed by atoms with E-state index in [1.165, 1.54) is 38.5 Å². The fourth-order valence-electron chi connectivity index (χ4n) is 6.38. The first kappa shape index (κ1) is 62.7. The second kappa shape index (κ2) is 46.8. The summed E-state index contributed by atoms with van der Waals surface area (Å²) in [5.74, 6) is -0.849. The number of rotatable bonds is 45. The Morgan fingerprint density at radius 2 is 0.818 bits per heavy atom. The number of carbonyl (C=O) groups excluding carboxylic acids is 2. The summed E-state index contributed by atoms with van der Waals surface area (Å²) in [6.45, 7) is 4.14. The Kier molecular flexibility index (Phi) is 44.4. The van der Waals surface area contributed by atoms with Crippen LogP contribution in [0, 0.1) is 0 Å². The van der Waals surface area contributed by atoms with Crippen LogP contribution in [0.25, 0.3) is 0 Å². The van der Waals surface area contributed by atoms with E-state index in [0.29, 0.717) is 17.4 Å². The molecule has 2 unspecified atom stereocenters. The fourth-order valence-corrected chi connectivity index (χ4v) is 7.13. The van der Waals surface area contributed by atoms with Crippen molar-refractivity contribution < 1.29 is 42.1 Å². The van der Waals surface area contributed by atoms with E-state index in [2.05, 4.69) is 123 Å². The van der Waals surface area contributed by atoms with E-state index in [0.717, 1.165) is 109 Å². The van der Waals surface area contributed by atoms with Gasteiger partial charge in [-0.3, -0.25) is 18.6 Å². The van der Waals surface area contributed by atoms with Crippen LogP contribution in [0.3, 0.4) is 0 Å². The van der Waals surface area contributed by atoms with Crippen LogP contribution in [0.2, 0.25) is 0 Å². The van der Waals surface area contributed by atoms with Gasteiger partial charge in [0.15, 0.2) is 6.10 Å². The summed E-state index contributed by atoms with van der Waals surface area (Å²) in [7, 11) is 1.43. The SMILES string of the molecule is CC/C=C\C/C=C\C/C=C\C/C=C\C/C=C\CCCCCC(=O)OC(COC(=O)CCCCCCCCCCCC/C=C\C/C=C\C/C=C\C/C=C\CC)COP(=O)(O)OCC[N+](C)(C)C. The molecular formula is C56H95NO8P+. The number of phosphoric ester groups is 1. The second-order valence-electron chi connectivity index (χ2n) is 17.8. The van der Waals surface area contributed by atoms with Gasteiger partial charge >= 0.3 is 19.8 Å². The number of carbonyl (C=O) groups is 2. The van der Waals surface area contributed by atoms with Crippen molar-refractivity contribution in [1.82, 2.24) is 0 Å². The summed E-state index contributed by atoms with van der Waals surface area (Å²) in [4.78, 5) is 35.6. The highest BCUT2D eigenvalue weighted by molar-refractivity contribution is 7.47. The summed E-state index contributed by atoms with van der Waals surface area (Å²) in [6, 6.07) is 0. The normalized spacial score (nSPS) is 14.3. The molecule has 2 atom stereocenters. The van der Waals surface area contributed by atoms with Crippen molar-refractivity contribution in [3.8, 4) is 0 Å². The Morgan fingerprint density at radius 1 is 0.470 bits per heavy atom. The molecule has 66 heavy (non-hydrogen) atoms. The van der Waals surface area contributed by atoms with Gasteiger partial charge in [-0.2, -0.15) is 0 Å². The molecule has 0 aromatic rings. The molecule has 10 heteroatoms. The number of ether oxygens (including phenoxy) is 2. The van der Waals surface area contributed by atoms with Gasteiger partial charge in [0.05, 0.1) is 27.7 Å². The topological polar surface area (TPSA) is 108 Å². The molecule has 0 aliphatic heterocycles. The van der Waals surface area contributed by atoms with E-state index in [-0.39, 0.29) is 32.0 Å². The van der Waals surface area contributed by atoms with Crippen molar-refractivity contribution in [2.45, 2.75) is 187 Å². The summed E-state index contributed by atoms with van der Waals surface area (Å²) < 4.78 is 34.4. The van der Waals surface area contributed by atoms with Gasteiger partial charge in [0, 0.05) is 12.8 Å². The largest absolute Gasteiger partial charge is 0.472 e. The maximum absolute atomic E-state index is 12.7. The van der Waals surface area contributed by atoms with Crippen molar-refractivity contribution in [2.24, 2.45) is 0 Å². The van der Waals surface area contributed by atoms with Crippen LogP contribution in [0.4, 0.5) is 0 Å². The standard InChI is InChI=1S/C56H94NO8P/c1-6-8-10-12-14-16-18-20-22-24-26-27-28-29-31-32-34-36-38-40-42-44-46-48-55(58)62-52-54(53-64-66(60,61)63-51-50-57(3,4)5)65-56(59)49-47-45-43-41-39-37-35-33-30-25-23-21-19-17-15-13-11-9-7-2/h8-11,14-17,20-23,26-27,30,33,37,39,54H,6-7,12-13,18-19,24-25,28-29,31-32,34-36,38,40-53H2,1-5H3/p+1/b10-8-,11-9-,16-14-,17-15-,22-20-,23-21-,27-26-,33-30-,39-37-. The molecule has 0 saturated carbocycles. The zero-order valence-electron chi connectivity index (χ0n) is 42.4. The number of nitrogens with zero attached hydrogens (tertiary/aromatic N) is 1. The van der Waals surface area contributed by atoms with E-state index in [9.17, 15) is 19.0 Å². The van der Waals surface area contributed by atoms with Crippen molar-refractivity contribution >= 4 is 19.8 Å². The predicted octanol–water partition coefficient (Wildman–Crippen LogP) is 15.5. The Bertz CT molecular complexity index is 1480. The molecule has 0 aliphatic rings. The molecule has 0 fully saturated rings. The Morgan fingerprint density at radius 3 is 1.23 bits per heavy atom. The van der Waals surface area contributed by atoms with Gasteiger partial charge in [0.2, 0.25) is 0 Å². The van der Waals surface area contributed by atoms with Crippen LogP contribution in [0.15, 0.2) is 109 Å². The van der Waals surface area contributed by atoms with Crippen LogP contribution < -0.4 is 0 Å². The van der Waals surface area contributed by atoms with Gasteiger partial charge in [-0.25, -0.2) is 4.57 Å². The molecule has 9 nitrogen and oxygen atoms in total. The molecular weight excluding hydrogens is 846 g/mol. The summed E-state index contributed by atoms with van der Waals surface area (Å²) >= 11 is 0. The minimum absolute atomic E-state index is 0.0180. The first-order valence-corrected chi connectivity index (χ1v) is 27.1. The molecule has 376 valence electrons. The van der Waals surface area contributed by atoms with Crippen LogP contribution in [0.1, 0.15) is 181 Å². The maximum Gasteiger partial charge on any atom is 0.472 e. The van der Waals surface area contributed by atoms with Gasteiger partial charge in [0.1, 0.15) is 19.8 Å². The van der Waals surface area contributed by atoms with Gasteiger partial charge < -0.3 is 18.9 Å². The molecule has 0 aromatic carbocycles. The lowest BCUT2D eigenvalue weighted by atomic mass is 10.1. The number of likely N-dealkylation sites (N-methyl/N-ethyl adjacent to an activating group) is 1. The highest BCUT2D eigenvalue weighted by Gasteiger charge is 2.27. The average molecular weight is 941 g/mol. The Balaban J connectivity index is 4.33. The highest BCUT2D eigenvalue weighted by Crippen LogP contribution is 2.43. The number of phosphoric acid groups is 1. The second-order valence-corrected chi connectivity index (χ2v) is 19.2. The zero-order valence-corrected chi connectivity index (χ0v) is 43.3. The Hall–Kier alpha value is -3.33. The lowest BCUT2D eigenvalue weighted by Gasteiger charge is -2.24. The van der Waals surface area contributed by atoms with Crippen LogP contribution in [-0.2, 0) is 32.7 Å². The molecule has 0 aliphatic carbocycles. The average Bonchev–Trinajstić information content (AvgIpc) is 3.27. The molecule has 0 amide bonds. The number of allylic oxidation sites excluding steroid dienone is 18. The van der Waals surface area contributed by atoms with Gasteiger partial charge in [-0.1, -0.05) is 181 Å². The van der Waals surface area contributed by atoms with Crippen molar-refractivity contribution in [3.05, 3.63) is 109 Å². The minimum atomic E-state index is -4.40. The number of quaternary nitrogens is 1. The minimum Gasteiger partial charge on any atom is -0.462 e. The highest BCUT2D eigenvalue weighted by atomic mass is 31.2. The zero-order chi connectivity index (χ0) is 48.5. The molecule has 0 saturated heterocycles. The monoisotopic (exact) mass is 941 g/mol. The Labute approximate surface area is 404 Å². The third-order valence-electron chi connectivity index (χ3n) is 10.3. The fraction of sp³-hybridized carbons (Fsp3) is 0.643. The van der Waals surface area contributed by atoms with Gasteiger partial charge in [-0.15, -0.1) is 0 Å². The lowest BCUT2D eigenvalue weighted by molar-refractivity contribution is -0.870. The van der Waals surface area contributed by atoms with Crippen LogP contribution in [-0.4, -0.2) is 74.9 Å². The van der Waals surface area contributed by atoms with E-state index >= 15 is 0 Å². The number of hydrogen-bond acceptors (Lipinski definition) is 7. The third-order valence-corrected chi connectivity index (χ3v) is 11.3. The molecule has 1 N–H and O–H groups in total. The molecule has 0 spiro atoms. The smallest absolute Gasteiger partial charge is 0.462 e. The molecule has 0 bridgehead atoms. The molecule has 0 heterocycles. The molecule has 0 aromatic heterocycles. The lowest BCUT2D eigenvalue weighted by Crippen LogP contribution is -2.37. The third kappa shape index (κ3) is 50.1. The summed E-state index contributed by atoms with van der Waals surface area (Å²) in [5.41, 5.74) is 0. The van der Waals surface area contributed by atoms with Crippen molar-refractivity contribution in [2.75, 3.05) is 47.5 Å². The number of esters is 2. The predicted molar refractivity (Wildman–Crippen MR) is 279 cm³/mol. The van der Waals surface area contributed by atoms with Crippen molar-refractivity contribution in [3.63, 3.8) is 0 Å². The van der Waals surface area contributed by atoms with Gasteiger partial charge in [-0.05, 0) is 96.3 Å². The van der Waals surface area contributed by atoms with E-state index in [4.69, 9.17) is 18.5 Å². The molecule has 0 radical (unpaired) electrons. The van der Waals surface area contributed by atoms with Crippen molar-refractivity contribution in [1.29, 1.82) is 0 Å². The summed E-state index contributed by atoms with van der Waals surface area (Å²) in [6.07, 6.45) is 64.3. The quantitative estimate of drug-likeness (QED) is 0.0211. The van der Waals surface area contributed by atoms with E-state index < -0.39 is 26.5 Å². The van der Waals surface area contributed by atoms with E-state index in [1.807, 2.05) is 21.1 Å². The summed E-state index contributed by atoms with van der Waals surface area (Å²) in [5, 5.41) is 0. The maximum atomic E-state index is 12.7. The molecule has 0 rings (SSSR count). The van der Waals surface area contributed by atoms with Gasteiger partial charge in [0.25, 0.3) is 0 Å². The van der Waals surface area contributed by atoms with E-state index in [1.54, 1.807) is 0 Å². The first-order chi connectivity index (χ1) is 32.0.